The maximum absolute atomic E-state index is 13.8. The van der Waals surface area contributed by atoms with Crippen molar-refractivity contribution in [1.29, 1.82) is 0 Å². The molecule has 4 amide bonds. The Hall–Kier alpha value is -5.98. The third kappa shape index (κ3) is 8.10. The minimum Gasteiger partial charge on any atom is -0.453 e. The number of hydrogen-bond acceptors (Lipinski definition) is 9. The number of likely N-dealkylation sites (tertiary alicyclic amines) is 2. The van der Waals surface area contributed by atoms with Gasteiger partial charge in [0.2, 0.25) is 11.8 Å². The number of nitrogens with one attached hydrogen (secondary N) is 2. The Labute approximate surface area is 320 Å². The van der Waals surface area contributed by atoms with Crippen LogP contribution in [0.3, 0.4) is 0 Å². The second kappa shape index (κ2) is 15.4. The molecule has 3 aliphatic rings. The van der Waals surface area contributed by atoms with Gasteiger partial charge in [0.25, 0.3) is 5.91 Å². The fourth-order valence-corrected chi connectivity index (χ4v) is 7.43. The van der Waals surface area contributed by atoms with Crippen LogP contribution in [0.2, 0.25) is 0 Å². The first-order valence-electron chi connectivity index (χ1n) is 18.7. The van der Waals surface area contributed by atoms with E-state index in [9.17, 15) is 19.2 Å². The molecule has 3 atom stereocenters. The summed E-state index contributed by atoms with van der Waals surface area (Å²) in [5.41, 5.74) is 5.80. The Morgan fingerprint density at radius 2 is 1.67 bits per heavy atom. The maximum Gasteiger partial charge on any atom is 0.410 e. The lowest BCUT2D eigenvalue weighted by atomic mass is 10.0. The minimum atomic E-state index is -1.01. The van der Waals surface area contributed by atoms with Crippen LogP contribution >= 0.6 is 0 Å². The fraction of sp³-hybridized carbons (Fsp3) is 0.381. The van der Waals surface area contributed by atoms with Gasteiger partial charge in [-0.1, -0.05) is 48.5 Å². The van der Waals surface area contributed by atoms with Crippen LogP contribution < -0.4 is 10.6 Å². The van der Waals surface area contributed by atoms with Gasteiger partial charge in [-0.15, -0.1) is 0 Å². The third-order valence-corrected chi connectivity index (χ3v) is 10.2. The molecule has 2 N–H and O–H groups in total. The molecule has 4 aromatic rings. The topological polar surface area (TPSA) is 156 Å². The van der Waals surface area contributed by atoms with Crippen molar-refractivity contribution in [2.45, 2.75) is 83.5 Å². The predicted molar refractivity (Wildman–Crippen MR) is 207 cm³/mol. The maximum atomic E-state index is 13.8. The van der Waals surface area contributed by atoms with E-state index in [-0.39, 0.29) is 23.9 Å². The molecule has 2 saturated heterocycles. The number of hydrogen-bond donors (Lipinski definition) is 2. The molecule has 0 aliphatic carbocycles. The van der Waals surface area contributed by atoms with E-state index in [1.807, 2.05) is 70.2 Å². The van der Waals surface area contributed by atoms with Crippen LogP contribution in [-0.4, -0.2) is 82.4 Å². The van der Waals surface area contributed by atoms with E-state index in [1.165, 1.54) is 12.0 Å². The number of ether oxygens (including phenoxy) is 2. The van der Waals surface area contributed by atoms with E-state index in [4.69, 9.17) is 18.9 Å². The van der Waals surface area contributed by atoms with Crippen LogP contribution in [0.4, 0.5) is 21.0 Å². The number of carbonyl (C=O) groups is 4. The van der Waals surface area contributed by atoms with Gasteiger partial charge in [-0.05, 0) is 88.3 Å². The van der Waals surface area contributed by atoms with E-state index < -0.39 is 23.8 Å². The van der Waals surface area contributed by atoms with Gasteiger partial charge >= 0.3 is 12.2 Å². The molecule has 2 fully saturated rings. The van der Waals surface area contributed by atoms with Gasteiger partial charge in [0.1, 0.15) is 17.7 Å². The zero-order valence-electron chi connectivity index (χ0n) is 31.8. The molecular formula is C42H46N6O7. The van der Waals surface area contributed by atoms with Crippen molar-refractivity contribution in [3.05, 3.63) is 89.6 Å². The molecule has 1 aromatic heterocycles. The highest BCUT2D eigenvalue weighted by Gasteiger charge is 2.39. The van der Waals surface area contributed by atoms with E-state index in [1.54, 1.807) is 35.4 Å². The number of anilines is 1. The molecule has 55 heavy (non-hydrogen) atoms. The average molecular weight is 747 g/mol. The first-order chi connectivity index (χ1) is 26.4. The Kier molecular flexibility index (Phi) is 10.5. The van der Waals surface area contributed by atoms with Crippen LogP contribution in [0.1, 0.15) is 69.2 Å². The molecule has 3 aliphatic heterocycles. The minimum absolute atomic E-state index is 0.0951. The molecule has 3 aromatic carbocycles. The number of nitrogens with zero attached hydrogens (tertiary/aromatic N) is 4. The summed E-state index contributed by atoms with van der Waals surface area (Å²) >= 11 is 0. The Morgan fingerprint density at radius 1 is 0.927 bits per heavy atom. The molecule has 0 unspecified atom stereocenters. The second-order valence-electron chi connectivity index (χ2n) is 15.2. The molecule has 0 bridgehead atoms. The molecule has 4 heterocycles. The number of methoxy groups -OCH3 is 1. The number of alkyl carbamates (subject to hydrolysis) is 1. The molecular weight excluding hydrogens is 700 g/mol. The number of benzene rings is 3. The normalized spacial score (nSPS) is 18.4. The van der Waals surface area contributed by atoms with Crippen LogP contribution in [0, 0.1) is 6.92 Å². The summed E-state index contributed by atoms with van der Waals surface area (Å²) in [5, 5.41) is 5.67. The molecule has 13 heteroatoms. The highest BCUT2D eigenvalue weighted by atomic mass is 16.6. The number of aromatic nitrogens is 1. The van der Waals surface area contributed by atoms with Crippen molar-refractivity contribution in [2.75, 3.05) is 25.5 Å². The third-order valence-electron chi connectivity index (χ3n) is 10.2. The zero-order valence-corrected chi connectivity index (χ0v) is 31.8. The summed E-state index contributed by atoms with van der Waals surface area (Å²) in [6.07, 6.45) is 4.15. The summed E-state index contributed by atoms with van der Waals surface area (Å²) in [7, 11) is 1.24. The van der Waals surface area contributed by atoms with Gasteiger partial charge < -0.3 is 29.4 Å². The van der Waals surface area contributed by atoms with Crippen molar-refractivity contribution in [3.63, 3.8) is 0 Å². The monoisotopic (exact) mass is 746 g/mol. The van der Waals surface area contributed by atoms with Crippen molar-refractivity contribution in [1.82, 2.24) is 20.1 Å². The summed E-state index contributed by atoms with van der Waals surface area (Å²) in [6, 6.07) is 18.7. The number of aryl methyl sites for hydroxylation is 1. The number of oxazole rings is 1. The number of aliphatic imine (C=N–C) groups is 1. The summed E-state index contributed by atoms with van der Waals surface area (Å²) in [6.45, 7) is 8.54. The van der Waals surface area contributed by atoms with Gasteiger partial charge in [0, 0.05) is 42.0 Å². The number of fused-ring (bicyclic) bond motifs is 1. The Bertz CT molecular complexity index is 2140. The lowest BCUT2D eigenvalue weighted by molar-refractivity contribution is -0.138. The SMILES string of the molecule is COC(=O)N[C@@H](C(=O)N1CCC[C@H]1C(=O)Nc1cc(-c2cnc(-c3ccc4c(c3)N=C([C@@H]3CCCN3C(=O)OC(C)(C)C)C4)o2)ccc1C)c1ccccc1. The smallest absolute Gasteiger partial charge is 0.410 e. The van der Waals surface area contributed by atoms with Crippen molar-refractivity contribution in [3.8, 4) is 22.8 Å². The molecule has 0 spiro atoms. The molecule has 0 radical (unpaired) electrons. The Morgan fingerprint density at radius 3 is 2.44 bits per heavy atom. The Balaban J connectivity index is 1.05. The van der Waals surface area contributed by atoms with Crippen LogP contribution in [-0.2, 0) is 25.5 Å². The van der Waals surface area contributed by atoms with E-state index >= 15 is 0 Å². The van der Waals surface area contributed by atoms with Crippen molar-refractivity contribution in [2.24, 2.45) is 4.99 Å². The van der Waals surface area contributed by atoms with Gasteiger partial charge in [0.05, 0.1) is 25.0 Å². The van der Waals surface area contributed by atoms with Gasteiger partial charge in [-0.3, -0.25) is 19.5 Å². The van der Waals surface area contributed by atoms with Crippen LogP contribution in [0.25, 0.3) is 22.8 Å². The lowest BCUT2D eigenvalue weighted by Gasteiger charge is -2.29. The van der Waals surface area contributed by atoms with Crippen LogP contribution in [0.15, 0.2) is 82.3 Å². The average Bonchev–Trinajstić information content (AvgIpc) is 4.00. The highest BCUT2D eigenvalue weighted by Crippen LogP contribution is 2.37. The predicted octanol–water partition coefficient (Wildman–Crippen LogP) is 7.37. The van der Waals surface area contributed by atoms with Gasteiger partial charge in [-0.25, -0.2) is 14.6 Å². The fourth-order valence-electron chi connectivity index (χ4n) is 7.43. The largest absolute Gasteiger partial charge is 0.453 e. The van der Waals surface area contributed by atoms with E-state index in [0.29, 0.717) is 55.3 Å². The van der Waals surface area contributed by atoms with Crippen molar-refractivity contribution >= 4 is 41.1 Å². The second-order valence-corrected chi connectivity index (χ2v) is 15.2. The zero-order chi connectivity index (χ0) is 38.9. The quantitative estimate of drug-likeness (QED) is 0.189. The molecule has 0 saturated carbocycles. The summed E-state index contributed by atoms with van der Waals surface area (Å²) < 4.78 is 16.7. The molecule has 286 valence electrons. The molecule has 7 rings (SSSR count). The van der Waals surface area contributed by atoms with E-state index in [0.717, 1.165) is 46.5 Å². The first kappa shape index (κ1) is 37.3. The van der Waals surface area contributed by atoms with Crippen molar-refractivity contribution < 1.29 is 33.1 Å². The standard InChI is InChI=1S/C42H46N6O7/c1-25-15-16-28(22-30(25)45-37(49)34-14-10-19-47(34)39(50)36(46-40(51)53-5)26-11-7-6-8-12-26)35-24-43-38(54-35)29-18-17-27-21-32(44-31(27)23-29)33-13-9-20-48(33)41(52)55-42(2,3)4/h6-8,11-12,15-18,22-24,33-34,36H,9-10,13-14,19-21H2,1-5H3,(H,45,49)(H,46,51)/t33-,34-,36+/m0/s1. The molecule has 13 nitrogen and oxygen atoms in total. The summed E-state index contributed by atoms with van der Waals surface area (Å²) in [4.78, 5) is 65.6. The first-order valence-corrected chi connectivity index (χ1v) is 18.7. The lowest BCUT2D eigenvalue weighted by Crippen LogP contribution is -2.48. The number of amides is 4. The van der Waals surface area contributed by atoms with Gasteiger partial charge in [-0.2, -0.15) is 0 Å². The van der Waals surface area contributed by atoms with Crippen LogP contribution in [0.5, 0.6) is 0 Å². The number of rotatable bonds is 8. The van der Waals surface area contributed by atoms with Gasteiger partial charge in [0.15, 0.2) is 5.76 Å². The summed E-state index contributed by atoms with van der Waals surface area (Å²) in [5.74, 6) is 0.242. The highest BCUT2D eigenvalue weighted by molar-refractivity contribution is 6.01. The number of carbonyl (C=O) groups excluding carboxylic acids is 4. The van der Waals surface area contributed by atoms with E-state index in [2.05, 4.69) is 15.6 Å².